The lowest BCUT2D eigenvalue weighted by Gasteiger charge is -2.21. The molecule has 0 bridgehead atoms. The van der Waals surface area contributed by atoms with Crippen LogP contribution in [0.4, 0.5) is 5.69 Å². The van der Waals surface area contributed by atoms with Gasteiger partial charge in [0.25, 0.3) is 0 Å². The first-order valence-electron chi connectivity index (χ1n) is 8.28. The Hall–Kier alpha value is -2.71. The number of esters is 1. The highest BCUT2D eigenvalue weighted by atomic mass is 32.2. The first-order valence-corrected chi connectivity index (χ1v) is 9.76. The summed E-state index contributed by atoms with van der Waals surface area (Å²) in [7, 11) is -2.37. The van der Waals surface area contributed by atoms with Gasteiger partial charge >= 0.3 is 5.97 Å². The highest BCUT2D eigenvalue weighted by Gasteiger charge is 2.18. The van der Waals surface area contributed by atoms with E-state index in [0.29, 0.717) is 16.8 Å². The van der Waals surface area contributed by atoms with Crippen molar-refractivity contribution in [1.29, 1.82) is 0 Å². The number of carbonyl (C=O) groups excluding carboxylic acids is 2. The molecule has 0 atom stereocenters. The van der Waals surface area contributed by atoms with Gasteiger partial charge in [0.15, 0.2) is 0 Å². The van der Waals surface area contributed by atoms with Gasteiger partial charge < -0.3 is 9.64 Å². The van der Waals surface area contributed by atoms with Crippen LogP contribution in [0.15, 0.2) is 53.4 Å². The van der Waals surface area contributed by atoms with Gasteiger partial charge in [-0.2, -0.15) is 0 Å². The van der Waals surface area contributed by atoms with Crippen LogP contribution >= 0.6 is 0 Å². The zero-order valence-corrected chi connectivity index (χ0v) is 16.2. The van der Waals surface area contributed by atoms with E-state index in [1.807, 2.05) is 0 Å². The number of nitrogens with zero attached hydrogens (tertiary/aromatic N) is 1. The Kier molecular flexibility index (Phi) is 6.70. The third-order valence-electron chi connectivity index (χ3n) is 3.99. The lowest BCUT2D eigenvalue weighted by atomic mass is 10.2. The number of methoxy groups -OCH3 is 1. The van der Waals surface area contributed by atoms with Crippen LogP contribution in [0.2, 0.25) is 0 Å². The van der Waals surface area contributed by atoms with Crippen LogP contribution < -0.4 is 9.62 Å². The number of carbonyl (C=O) groups is 2. The molecule has 1 amide bonds. The second-order valence-corrected chi connectivity index (χ2v) is 7.61. The van der Waals surface area contributed by atoms with Crippen LogP contribution in [0.3, 0.4) is 0 Å². The third-order valence-corrected chi connectivity index (χ3v) is 5.61. The summed E-state index contributed by atoms with van der Waals surface area (Å²) in [6.07, 6.45) is 0. The van der Waals surface area contributed by atoms with Crippen molar-refractivity contribution in [3.8, 4) is 0 Å². The molecular formula is C19H22N2O5S. The van der Waals surface area contributed by atoms with Crippen molar-refractivity contribution in [2.24, 2.45) is 0 Å². The van der Waals surface area contributed by atoms with Gasteiger partial charge in [-0.25, -0.2) is 17.9 Å². The molecule has 0 fully saturated rings. The minimum absolute atomic E-state index is 0.0506. The summed E-state index contributed by atoms with van der Waals surface area (Å²) in [6.45, 7) is 3.32. The van der Waals surface area contributed by atoms with Crippen LogP contribution in [-0.4, -0.2) is 40.5 Å². The van der Waals surface area contributed by atoms with Crippen molar-refractivity contribution < 1.29 is 22.7 Å². The molecule has 0 saturated heterocycles. The summed E-state index contributed by atoms with van der Waals surface area (Å²) in [6, 6.07) is 13.0. The fourth-order valence-electron chi connectivity index (χ4n) is 2.59. The second-order valence-electron chi connectivity index (χ2n) is 5.87. The number of hydrogen-bond acceptors (Lipinski definition) is 5. The average molecular weight is 390 g/mol. The van der Waals surface area contributed by atoms with Crippen molar-refractivity contribution in [2.75, 3.05) is 25.1 Å². The Balaban J connectivity index is 2.08. The number of ether oxygens (including phenoxy) is 1. The van der Waals surface area contributed by atoms with Crippen LogP contribution in [0.1, 0.15) is 22.8 Å². The summed E-state index contributed by atoms with van der Waals surface area (Å²) in [5.41, 5.74) is 1.57. The van der Waals surface area contributed by atoms with Gasteiger partial charge in [-0.3, -0.25) is 4.79 Å². The molecule has 2 rings (SSSR count). The Morgan fingerprint density at radius 3 is 2.26 bits per heavy atom. The maximum absolute atomic E-state index is 12.4. The molecule has 0 aliphatic carbocycles. The Labute approximate surface area is 159 Å². The zero-order chi connectivity index (χ0) is 20.0. The Morgan fingerprint density at radius 1 is 1.07 bits per heavy atom. The monoisotopic (exact) mass is 390 g/mol. The van der Waals surface area contributed by atoms with Crippen molar-refractivity contribution in [1.82, 2.24) is 4.72 Å². The molecule has 8 heteroatoms. The number of hydrogen-bond donors (Lipinski definition) is 1. The minimum atomic E-state index is -3.67. The molecule has 0 aliphatic heterocycles. The fourth-order valence-corrected chi connectivity index (χ4v) is 3.86. The molecule has 0 unspecified atom stereocenters. The Morgan fingerprint density at radius 2 is 1.70 bits per heavy atom. The van der Waals surface area contributed by atoms with Gasteiger partial charge in [-0.15, -0.1) is 0 Å². The van der Waals surface area contributed by atoms with E-state index < -0.39 is 16.0 Å². The normalized spacial score (nSPS) is 11.1. The summed E-state index contributed by atoms with van der Waals surface area (Å²) >= 11 is 0. The van der Waals surface area contributed by atoms with E-state index in [9.17, 15) is 18.0 Å². The molecule has 2 aromatic carbocycles. The highest BCUT2D eigenvalue weighted by molar-refractivity contribution is 7.89. The predicted molar refractivity (Wildman–Crippen MR) is 102 cm³/mol. The highest BCUT2D eigenvalue weighted by Crippen LogP contribution is 2.17. The summed E-state index contributed by atoms with van der Waals surface area (Å²) in [5, 5.41) is 0. The first-order chi connectivity index (χ1) is 12.8. The minimum Gasteiger partial charge on any atom is -0.465 e. The average Bonchev–Trinajstić information content (AvgIpc) is 2.64. The van der Waals surface area contributed by atoms with Crippen molar-refractivity contribution in [3.63, 3.8) is 0 Å². The molecule has 0 spiro atoms. The number of benzene rings is 2. The molecular weight excluding hydrogens is 368 g/mol. The standard InChI is InChI=1S/C19H22N2O5S/c1-14-6-4-5-7-18(14)27(24,25)20-12-13-21(15(2)22)17-10-8-16(9-11-17)19(23)26-3/h4-11,20H,12-13H2,1-3H3. The number of nitrogens with one attached hydrogen (secondary N) is 1. The van der Waals surface area contributed by atoms with Gasteiger partial charge in [0.1, 0.15) is 0 Å². The molecule has 0 radical (unpaired) electrons. The second kappa shape index (κ2) is 8.79. The number of aryl methyl sites for hydroxylation is 1. The number of anilines is 1. The van der Waals surface area contributed by atoms with Crippen LogP contribution in [0.5, 0.6) is 0 Å². The molecule has 1 N–H and O–H groups in total. The van der Waals surface area contributed by atoms with E-state index in [1.165, 1.54) is 25.0 Å². The Bertz CT molecular complexity index is 923. The molecule has 0 aliphatic rings. The van der Waals surface area contributed by atoms with Gasteiger partial charge in [0.2, 0.25) is 15.9 Å². The molecule has 7 nitrogen and oxygen atoms in total. The quantitative estimate of drug-likeness (QED) is 0.731. The van der Waals surface area contributed by atoms with Gasteiger partial charge in [-0.05, 0) is 42.8 Å². The van der Waals surface area contributed by atoms with E-state index in [2.05, 4.69) is 9.46 Å². The molecule has 0 aromatic heterocycles. The van der Waals surface area contributed by atoms with Crippen LogP contribution in [-0.2, 0) is 19.6 Å². The third kappa shape index (κ3) is 5.15. The largest absolute Gasteiger partial charge is 0.465 e. The maximum Gasteiger partial charge on any atom is 0.337 e. The number of sulfonamides is 1. The van der Waals surface area contributed by atoms with E-state index in [4.69, 9.17) is 0 Å². The van der Waals surface area contributed by atoms with Crippen LogP contribution in [0, 0.1) is 6.92 Å². The van der Waals surface area contributed by atoms with E-state index >= 15 is 0 Å². The van der Waals surface area contributed by atoms with Crippen molar-refractivity contribution in [2.45, 2.75) is 18.7 Å². The summed E-state index contributed by atoms with van der Waals surface area (Å²) in [4.78, 5) is 25.1. The van der Waals surface area contributed by atoms with E-state index in [0.717, 1.165) is 0 Å². The topological polar surface area (TPSA) is 92.8 Å². The number of amides is 1. The SMILES string of the molecule is COC(=O)c1ccc(N(CCNS(=O)(=O)c2ccccc2C)C(C)=O)cc1. The number of rotatable bonds is 7. The van der Waals surface area contributed by atoms with Gasteiger partial charge in [0.05, 0.1) is 17.6 Å². The molecule has 0 saturated carbocycles. The lowest BCUT2D eigenvalue weighted by Crippen LogP contribution is -2.37. The van der Waals surface area contributed by atoms with Gasteiger partial charge in [0, 0.05) is 25.7 Å². The summed E-state index contributed by atoms with van der Waals surface area (Å²) in [5.74, 6) is -0.710. The first kappa shape index (κ1) is 20.6. The van der Waals surface area contributed by atoms with E-state index in [1.54, 1.807) is 49.4 Å². The van der Waals surface area contributed by atoms with Gasteiger partial charge in [-0.1, -0.05) is 18.2 Å². The maximum atomic E-state index is 12.4. The fraction of sp³-hybridized carbons (Fsp3) is 0.263. The summed E-state index contributed by atoms with van der Waals surface area (Å²) < 4.78 is 32.0. The zero-order valence-electron chi connectivity index (χ0n) is 15.4. The molecule has 27 heavy (non-hydrogen) atoms. The van der Waals surface area contributed by atoms with E-state index in [-0.39, 0.29) is 23.9 Å². The van der Waals surface area contributed by atoms with Crippen LogP contribution in [0.25, 0.3) is 0 Å². The lowest BCUT2D eigenvalue weighted by molar-refractivity contribution is -0.116. The predicted octanol–water partition coefficient (Wildman–Crippen LogP) is 2.11. The molecule has 144 valence electrons. The van der Waals surface area contributed by atoms with Crippen molar-refractivity contribution >= 4 is 27.6 Å². The smallest absolute Gasteiger partial charge is 0.337 e. The van der Waals surface area contributed by atoms with Crippen molar-refractivity contribution in [3.05, 3.63) is 59.7 Å². The molecule has 0 heterocycles. The molecule has 2 aromatic rings.